The minimum Gasteiger partial charge on any atom is -0.398 e. The third kappa shape index (κ3) is 3.09. The van der Waals surface area contributed by atoms with E-state index in [1.807, 2.05) is 12.3 Å². The lowest BCUT2D eigenvalue weighted by molar-refractivity contribution is 0.565. The summed E-state index contributed by atoms with van der Waals surface area (Å²) < 4.78 is 28.0. The Kier molecular flexibility index (Phi) is 4.36. The zero-order chi connectivity index (χ0) is 15.8. The Hall–Kier alpha value is -1.44. The summed E-state index contributed by atoms with van der Waals surface area (Å²) >= 11 is 1.42. The second-order valence-electron chi connectivity index (χ2n) is 5.09. The maximum atomic E-state index is 12.7. The van der Waals surface area contributed by atoms with Crippen molar-refractivity contribution in [3.05, 3.63) is 39.3 Å². The van der Waals surface area contributed by atoms with Gasteiger partial charge in [0.1, 0.15) is 5.01 Å². The van der Waals surface area contributed by atoms with E-state index in [1.165, 1.54) is 11.3 Å². The molecule has 0 saturated carbocycles. The number of rotatable bonds is 4. The molecule has 1 unspecified atom stereocenters. The largest absolute Gasteiger partial charge is 0.398 e. The summed E-state index contributed by atoms with van der Waals surface area (Å²) in [6.45, 7) is 7.16. The van der Waals surface area contributed by atoms with E-state index in [9.17, 15) is 8.42 Å². The molecule has 0 bridgehead atoms. The van der Waals surface area contributed by atoms with Crippen molar-refractivity contribution in [2.45, 2.75) is 38.6 Å². The predicted molar refractivity (Wildman–Crippen MR) is 85.9 cm³/mol. The summed E-state index contributed by atoms with van der Waals surface area (Å²) in [5.41, 5.74) is 8.66. The third-order valence-corrected chi connectivity index (χ3v) is 6.17. The predicted octanol–water partition coefficient (Wildman–Crippen LogP) is 2.69. The summed E-state index contributed by atoms with van der Waals surface area (Å²) in [5, 5.41) is 2.55. The van der Waals surface area contributed by atoms with Crippen LogP contribution in [0.15, 0.2) is 22.5 Å². The lowest BCUT2D eigenvalue weighted by atomic mass is 10.1. The van der Waals surface area contributed by atoms with Gasteiger partial charge >= 0.3 is 0 Å². The molecule has 0 aliphatic carbocycles. The molecule has 3 N–H and O–H groups in total. The highest BCUT2D eigenvalue weighted by Gasteiger charge is 2.25. The first-order chi connectivity index (χ1) is 9.74. The van der Waals surface area contributed by atoms with E-state index in [4.69, 9.17) is 5.73 Å². The van der Waals surface area contributed by atoms with Crippen molar-refractivity contribution in [2.24, 2.45) is 0 Å². The number of hydrogen-bond acceptors (Lipinski definition) is 5. The molecule has 0 radical (unpaired) electrons. The van der Waals surface area contributed by atoms with Crippen LogP contribution in [-0.4, -0.2) is 13.4 Å². The Bertz CT molecular complexity index is 753. The zero-order valence-corrected chi connectivity index (χ0v) is 14.1. The van der Waals surface area contributed by atoms with Crippen LogP contribution in [0.4, 0.5) is 5.69 Å². The van der Waals surface area contributed by atoms with E-state index >= 15 is 0 Å². The molecular formula is C14H19N3O2S2. The number of nitrogens with zero attached hydrogens (tertiary/aromatic N) is 1. The van der Waals surface area contributed by atoms with Crippen molar-refractivity contribution in [3.8, 4) is 0 Å². The Labute approximate surface area is 129 Å². The standard InChI is InChI=1S/C14H19N3O2S2/c1-8-7-9(2)13(10(3)12(8)15)21(18,19)17-11(4)14-16-5-6-20-14/h5-7,11,17H,15H2,1-4H3. The van der Waals surface area contributed by atoms with Gasteiger partial charge in [0.15, 0.2) is 0 Å². The Morgan fingerprint density at radius 2 is 1.95 bits per heavy atom. The molecule has 0 fully saturated rings. The van der Waals surface area contributed by atoms with E-state index in [0.717, 1.165) is 10.6 Å². The molecular weight excluding hydrogens is 306 g/mol. The fraction of sp³-hybridized carbons (Fsp3) is 0.357. The van der Waals surface area contributed by atoms with Crippen LogP contribution in [0.5, 0.6) is 0 Å². The van der Waals surface area contributed by atoms with Crippen molar-refractivity contribution in [2.75, 3.05) is 5.73 Å². The van der Waals surface area contributed by atoms with Crippen LogP contribution >= 0.6 is 11.3 Å². The first-order valence-corrected chi connectivity index (χ1v) is 8.88. The smallest absolute Gasteiger partial charge is 0.241 e. The number of benzene rings is 1. The average molecular weight is 325 g/mol. The molecule has 0 aliphatic rings. The number of nitrogen functional groups attached to an aromatic ring is 1. The second-order valence-corrected chi connectivity index (χ2v) is 7.67. The van der Waals surface area contributed by atoms with Crippen LogP contribution in [0.3, 0.4) is 0 Å². The van der Waals surface area contributed by atoms with E-state index in [-0.39, 0.29) is 10.9 Å². The lowest BCUT2D eigenvalue weighted by Crippen LogP contribution is -2.28. The molecule has 1 aromatic heterocycles. The number of thiazole rings is 1. The van der Waals surface area contributed by atoms with Gasteiger partial charge in [0.25, 0.3) is 0 Å². The van der Waals surface area contributed by atoms with E-state index in [2.05, 4.69) is 9.71 Å². The number of nitrogens with one attached hydrogen (secondary N) is 1. The number of anilines is 1. The van der Waals surface area contributed by atoms with Gasteiger partial charge < -0.3 is 5.73 Å². The molecule has 0 saturated heterocycles. The number of sulfonamides is 1. The van der Waals surface area contributed by atoms with Gasteiger partial charge in [-0.2, -0.15) is 0 Å². The fourth-order valence-electron chi connectivity index (χ4n) is 2.39. The molecule has 2 rings (SSSR count). The minimum absolute atomic E-state index is 0.258. The molecule has 2 aromatic rings. The average Bonchev–Trinajstić information content (AvgIpc) is 2.89. The Morgan fingerprint density at radius 3 is 2.52 bits per heavy atom. The molecule has 5 nitrogen and oxygen atoms in total. The number of nitrogens with two attached hydrogens (primary N) is 1. The normalized spacial score (nSPS) is 13.3. The van der Waals surface area contributed by atoms with Gasteiger partial charge in [-0.3, -0.25) is 0 Å². The van der Waals surface area contributed by atoms with Gasteiger partial charge in [0.05, 0.1) is 10.9 Å². The first kappa shape index (κ1) is 15.9. The molecule has 1 aromatic carbocycles. The SMILES string of the molecule is Cc1cc(C)c(S(=O)(=O)NC(C)c2nccs2)c(C)c1N. The Balaban J connectivity index is 2.43. The van der Waals surface area contributed by atoms with Gasteiger partial charge in [-0.15, -0.1) is 11.3 Å². The number of aryl methyl sites for hydroxylation is 2. The van der Waals surface area contributed by atoms with Gasteiger partial charge in [0, 0.05) is 17.3 Å². The van der Waals surface area contributed by atoms with Crippen molar-refractivity contribution < 1.29 is 8.42 Å². The van der Waals surface area contributed by atoms with Crippen LogP contribution < -0.4 is 10.5 Å². The molecule has 7 heteroatoms. The van der Waals surface area contributed by atoms with E-state index in [1.54, 1.807) is 33.0 Å². The van der Waals surface area contributed by atoms with Crippen LogP contribution in [0.25, 0.3) is 0 Å². The van der Waals surface area contributed by atoms with Crippen molar-refractivity contribution in [1.82, 2.24) is 9.71 Å². The second kappa shape index (κ2) is 5.75. The monoisotopic (exact) mass is 325 g/mol. The van der Waals surface area contributed by atoms with Crippen molar-refractivity contribution in [3.63, 3.8) is 0 Å². The maximum absolute atomic E-state index is 12.7. The van der Waals surface area contributed by atoms with E-state index in [0.29, 0.717) is 16.8 Å². The molecule has 21 heavy (non-hydrogen) atoms. The summed E-state index contributed by atoms with van der Waals surface area (Å²) in [5.74, 6) is 0. The molecule has 1 atom stereocenters. The molecule has 0 aliphatic heterocycles. The van der Waals surface area contributed by atoms with Gasteiger partial charge in [-0.05, 0) is 44.4 Å². The molecule has 0 amide bonds. The third-order valence-electron chi connectivity index (χ3n) is 3.38. The highest BCUT2D eigenvalue weighted by Crippen LogP contribution is 2.29. The summed E-state index contributed by atoms with van der Waals surface area (Å²) in [6, 6.07) is 1.42. The van der Waals surface area contributed by atoms with E-state index < -0.39 is 10.0 Å². The minimum atomic E-state index is -3.65. The van der Waals surface area contributed by atoms with Gasteiger partial charge in [0.2, 0.25) is 10.0 Å². The first-order valence-electron chi connectivity index (χ1n) is 6.52. The summed E-state index contributed by atoms with van der Waals surface area (Å²) in [7, 11) is -3.65. The van der Waals surface area contributed by atoms with Crippen LogP contribution in [0.1, 0.15) is 34.7 Å². The molecule has 1 heterocycles. The van der Waals surface area contributed by atoms with Crippen LogP contribution in [0.2, 0.25) is 0 Å². The van der Waals surface area contributed by atoms with Crippen molar-refractivity contribution in [1.29, 1.82) is 0 Å². The lowest BCUT2D eigenvalue weighted by Gasteiger charge is -2.17. The van der Waals surface area contributed by atoms with Crippen LogP contribution in [0, 0.1) is 20.8 Å². The highest BCUT2D eigenvalue weighted by atomic mass is 32.2. The van der Waals surface area contributed by atoms with Gasteiger partial charge in [-0.1, -0.05) is 6.07 Å². The highest BCUT2D eigenvalue weighted by molar-refractivity contribution is 7.89. The van der Waals surface area contributed by atoms with Crippen molar-refractivity contribution >= 4 is 27.0 Å². The maximum Gasteiger partial charge on any atom is 0.241 e. The summed E-state index contributed by atoms with van der Waals surface area (Å²) in [6.07, 6.45) is 1.66. The topological polar surface area (TPSA) is 85.1 Å². The molecule has 0 spiro atoms. The van der Waals surface area contributed by atoms with Gasteiger partial charge in [-0.25, -0.2) is 18.1 Å². The Morgan fingerprint density at radius 1 is 1.29 bits per heavy atom. The summed E-state index contributed by atoms with van der Waals surface area (Å²) in [4.78, 5) is 4.40. The zero-order valence-electron chi connectivity index (χ0n) is 12.5. The quantitative estimate of drug-likeness (QED) is 0.846. The molecule has 114 valence electrons. The fourth-order valence-corrected chi connectivity index (χ4v) is 4.80. The number of hydrogen-bond donors (Lipinski definition) is 2. The number of aromatic nitrogens is 1. The van der Waals surface area contributed by atoms with Crippen LogP contribution in [-0.2, 0) is 10.0 Å².